The van der Waals surface area contributed by atoms with Crippen LogP contribution in [0.3, 0.4) is 0 Å². The van der Waals surface area contributed by atoms with E-state index in [4.69, 9.17) is 22.1 Å². The van der Waals surface area contributed by atoms with E-state index >= 15 is 0 Å². The van der Waals surface area contributed by atoms with Crippen LogP contribution in [0, 0.1) is 5.92 Å². The van der Waals surface area contributed by atoms with Crippen molar-refractivity contribution in [3.8, 4) is 0 Å². The lowest BCUT2D eigenvalue weighted by molar-refractivity contribution is -0.167. The molecule has 0 aliphatic rings. The van der Waals surface area contributed by atoms with Gasteiger partial charge in [-0.1, -0.05) is 29.8 Å². The van der Waals surface area contributed by atoms with Crippen LogP contribution in [0.4, 0.5) is 0 Å². The smallest absolute Gasteiger partial charge is 0.322 e. The molecule has 0 bridgehead atoms. The predicted octanol–water partition coefficient (Wildman–Crippen LogP) is 2.25. The highest BCUT2D eigenvalue weighted by atomic mass is 35.5. The summed E-state index contributed by atoms with van der Waals surface area (Å²) in [4.78, 5) is 23.3. The van der Waals surface area contributed by atoms with E-state index in [-0.39, 0.29) is 6.42 Å². The molecule has 0 radical (unpaired) electrons. The van der Waals surface area contributed by atoms with E-state index in [1.807, 2.05) is 0 Å². The number of carboxylic acids is 1. The SMILES string of the molecule is CC(C)(C)OC(=O)[C@@H](C(=O)O)[C@H](N)Cc1ccccc1Cl. The number of rotatable bonds is 5. The molecule has 21 heavy (non-hydrogen) atoms. The van der Waals surface area contributed by atoms with Gasteiger partial charge in [-0.25, -0.2) is 0 Å². The van der Waals surface area contributed by atoms with E-state index in [9.17, 15) is 14.7 Å². The molecule has 116 valence electrons. The zero-order valence-electron chi connectivity index (χ0n) is 12.3. The van der Waals surface area contributed by atoms with E-state index in [1.54, 1.807) is 45.0 Å². The van der Waals surface area contributed by atoms with E-state index in [0.29, 0.717) is 10.6 Å². The number of esters is 1. The van der Waals surface area contributed by atoms with Crippen molar-refractivity contribution in [3.05, 3.63) is 34.9 Å². The van der Waals surface area contributed by atoms with Gasteiger partial charge in [0.2, 0.25) is 0 Å². The zero-order valence-corrected chi connectivity index (χ0v) is 13.1. The molecule has 5 nitrogen and oxygen atoms in total. The Morgan fingerprint density at radius 3 is 2.38 bits per heavy atom. The van der Waals surface area contributed by atoms with Crippen LogP contribution in [-0.2, 0) is 20.7 Å². The molecular weight excluding hydrogens is 294 g/mol. The minimum atomic E-state index is -1.43. The van der Waals surface area contributed by atoms with Gasteiger partial charge in [0.05, 0.1) is 0 Å². The van der Waals surface area contributed by atoms with Crippen LogP contribution in [0.5, 0.6) is 0 Å². The van der Waals surface area contributed by atoms with Crippen molar-refractivity contribution in [1.29, 1.82) is 0 Å². The normalized spacial score (nSPS) is 14.3. The molecule has 1 aromatic rings. The number of carbonyl (C=O) groups excluding carboxylic acids is 1. The van der Waals surface area contributed by atoms with Crippen LogP contribution in [0.15, 0.2) is 24.3 Å². The third kappa shape index (κ3) is 5.36. The van der Waals surface area contributed by atoms with Gasteiger partial charge in [-0.15, -0.1) is 0 Å². The number of nitrogens with two attached hydrogens (primary N) is 1. The maximum absolute atomic E-state index is 12.0. The number of carboxylic acid groups (broad SMARTS) is 1. The van der Waals surface area contributed by atoms with Crippen LogP contribution in [0.2, 0.25) is 5.02 Å². The highest BCUT2D eigenvalue weighted by Crippen LogP contribution is 2.20. The summed E-state index contributed by atoms with van der Waals surface area (Å²) >= 11 is 6.02. The highest BCUT2D eigenvalue weighted by Gasteiger charge is 2.36. The van der Waals surface area contributed by atoms with E-state index in [0.717, 1.165) is 0 Å². The first-order valence-corrected chi connectivity index (χ1v) is 6.94. The molecule has 0 unspecified atom stereocenters. The first-order chi connectivity index (χ1) is 9.61. The minimum absolute atomic E-state index is 0.176. The van der Waals surface area contributed by atoms with Crippen LogP contribution in [0.25, 0.3) is 0 Å². The molecule has 0 fully saturated rings. The molecule has 0 saturated carbocycles. The number of carbonyl (C=O) groups is 2. The Balaban J connectivity index is 2.88. The lowest BCUT2D eigenvalue weighted by Gasteiger charge is -2.25. The summed E-state index contributed by atoms with van der Waals surface area (Å²) in [5.41, 5.74) is 5.83. The molecule has 0 aliphatic heterocycles. The minimum Gasteiger partial charge on any atom is -0.481 e. The lowest BCUT2D eigenvalue weighted by atomic mass is 9.94. The standard InChI is InChI=1S/C15H20ClNO4/c1-15(2,3)21-14(20)12(13(18)19)11(17)8-9-6-4-5-7-10(9)16/h4-7,11-12H,8,17H2,1-3H3,(H,18,19)/t11-,12-/m1/s1. The Hall–Kier alpha value is -1.59. The van der Waals surface area contributed by atoms with Crippen molar-refractivity contribution in [2.75, 3.05) is 0 Å². The molecule has 0 heterocycles. The van der Waals surface area contributed by atoms with Crippen molar-refractivity contribution in [3.63, 3.8) is 0 Å². The fourth-order valence-electron chi connectivity index (χ4n) is 1.86. The van der Waals surface area contributed by atoms with Crippen LogP contribution >= 0.6 is 11.6 Å². The van der Waals surface area contributed by atoms with Gasteiger partial charge in [0.25, 0.3) is 0 Å². The molecular formula is C15H20ClNO4. The molecule has 6 heteroatoms. The van der Waals surface area contributed by atoms with Gasteiger partial charge in [-0.2, -0.15) is 0 Å². The van der Waals surface area contributed by atoms with Crippen molar-refractivity contribution in [2.45, 2.75) is 38.8 Å². The average Bonchev–Trinajstić information content (AvgIpc) is 2.29. The maximum atomic E-state index is 12.0. The first-order valence-electron chi connectivity index (χ1n) is 6.56. The quantitative estimate of drug-likeness (QED) is 0.643. The third-order valence-corrected chi connectivity index (χ3v) is 3.14. The largest absolute Gasteiger partial charge is 0.481 e. The van der Waals surface area contributed by atoms with Crippen LogP contribution in [0.1, 0.15) is 26.3 Å². The Morgan fingerprint density at radius 1 is 1.33 bits per heavy atom. The number of halogens is 1. The average molecular weight is 314 g/mol. The number of hydrogen-bond acceptors (Lipinski definition) is 4. The third-order valence-electron chi connectivity index (χ3n) is 2.77. The van der Waals surface area contributed by atoms with Crippen molar-refractivity contribution < 1.29 is 19.4 Å². The summed E-state index contributed by atoms with van der Waals surface area (Å²) in [5, 5.41) is 9.73. The number of aliphatic carboxylic acids is 1. The Kier molecular flexibility index (Phi) is 5.75. The first kappa shape index (κ1) is 17.5. The summed E-state index contributed by atoms with van der Waals surface area (Å²) in [7, 11) is 0. The topological polar surface area (TPSA) is 89.6 Å². The van der Waals surface area contributed by atoms with E-state index < -0.39 is 29.5 Å². The number of hydrogen-bond donors (Lipinski definition) is 2. The molecule has 0 aromatic heterocycles. The van der Waals surface area contributed by atoms with Gasteiger partial charge in [-0.3, -0.25) is 9.59 Å². The second-order valence-electron chi connectivity index (χ2n) is 5.81. The Morgan fingerprint density at radius 2 is 1.90 bits per heavy atom. The number of benzene rings is 1. The molecule has 2 atom stereocenters. The molecule has 0 saturated heterocycles. The fourth-order valence-corrected chi connectivity index (χ4v) is 2.07. The van der Waals surface area contributed by atoms with Crippen LogP contribution < -0.4 is 5.73 Å². The van der Waals surface area contributed by atoms with Crippen molar-refractivity contribution >= 4 is 23.5 Å². The molecule has 0 amide bonds. The summed E-state index contributed by atoms with van der Waals surface area (Å²) in [5.74, 6) is -3.57. The van der Waals surface area contributed by atoms with Crippen molar-refractivity contribution in [2.24, 2.45) is 11.7 Å². The summed E-state index contributed by atoms with van der Waals surface area (Å²) in [6, 6.07) is 6.05. The summed E-state index contributed by atoms with van der Waals surface area (Å²) in [6.45, 7) is 5.01. The molecule has 1 aromatic carbocycles. The Bertz CT molecular complexity index is 525. The summed E-state index contributed by atoms with van der Waals surface area (Å²) < 4.78 is 5.12. The molecule has 0 spiro atoms. The lowest BCUT2D eigenvalue weighted by Crippen LogP contribution is -2.45. The highest BCUT2D eigenvalue weighted by molar-refractivity contribution is 6.31. The monoisotopic (exact) mass is 313 g/mol. The predicted molar refractivity (Wildman–Crippen MR) is 80.1 cm³/mol. The number of ether oxygens (including phenoxy) is 1. The Labute approximate surface area is 129 Å². The fraction of sp³-hybridized carbons (Fsp3) is 0.467. The van der Waals surface area contributed by atoms with Gasteiger partial charge >= 0.3 is 11.9 Å². The molecule has 3 N–H and O–H groups in total. The maximum Gasteiger partial charge on any atom is 0.322 e. The van der Waals surface area contributed by atoms with E-state index in [1.165, 1.54) is 0 Å². The molecule has 1 rings (SSSR count). The van der Waals surface area contributed by atoms with Gasteiger partial charge in [0.1, 0.15) is 5.60 Å². The second-order valence-corrected chi connectivity index (χ2v) is 6.22. The van der Waals surface area contributed by atoms with Gasteiger partial charge < -0.3 is 15.6 Å². The van der Waals surface area contributed by atoms with Gasteiger partial charge in [0, 0.05) is 11.1 Å². The van der Waals surface area contributed by atoms with Crippen LogP contribution in [-0.4, -0.2) is 28.7 Å². The zero-order chi connectivity index (χ0) is 16.2. The van der Waals surface area contributed by atoms with E-state index in [2.05, 4.69) is 0 Å². The molecule has 0 aliphatic carbocycles. The van der Waals surface area contributed by atoms with Crippen molar-refractivity contribution in [1.82, 2.24) is 0 Å². The summed E-state index contributed by atoms with van der Waals surface area (Å²) in [6.07, 6.45) is 0.176. The van der Waals surface area contributed by atoms with Gasteiger partial charge in [0.15, 0.2) is 5.92 Å². The second kappa shape index (κ2) is 6.91. The van der Waals surface area contributed by atoms with Gasteiger partial charge in [-0.05, 0) is 38.8 Å².